The Morgan fingerprint density at radius 2 is 2.15 bits per heavy atom. The second-order valence-corrected chi connectivity index (χ2v) is 5.34. The fourth-order valence-corrected chi connectivity index (χ4v) is 3.35. The third kappa shape index (κ3) is 2.45. The van der Waals surface area contributed by atoms with E-state index in [0.717, 1.165) is 24.9 Å². The molecular formula is C16H23NO3. The first-order valence-corrected chi connectivity index (χ1v) is 7.22. The number of carboxylic acids is 1. The summed E-state index contributed by atoms with van der Waals surface area (Å²) >= 11 is 0. The first-order valence-electron chi connectivity index (χ1n) is 7.22. The van der Waals surface area contributed by atoms with Gasteiger partial charge in [-0.3, -0.25) is 4.79 Å². The average Bonchev–Trinajstić information content (AvgIpc) is 2.50. The number of ether oxygens (including phenoxy) is 1. The first kappa shape index (κ1) is 15.0. The van der Waals surface area contributed by atoms with Crippen molar-refractivity contribution in [3.05, 3.63) is 35.9 Å². The third-order valence-electron chi connectivity index (χ3n) is 4.46. The van der Waals surface area contributed by atoms with E-state index < -0.39 is 11.4 Å². The van der Waals surface area contributed by atoms with Crippen molar-refractivity contribution in [3.8, 4) is 0 Å². The summed E-state index contributed by atoms with van der Waals surface area (Å²) in [6.45, 7) is 2.77. The lowest BCUT2D eigenvalue weighted by Gasteiger charge is -2.43. The van der Waals surface area contributed by atoms with Crippen LogP contribution in [-0.2, 0) is 14.9 Å². The summed E-state index contributed by atoms with van der Waals surface area (Å²) in [5, 5.41) is 13.3. The minimum absolute atomic E-state index is 0.0694. The van der Waals surface area contributed by atoms with Crippen molar-refractivity contribution in [3.63, 3.8) is 0 Å². The van der Waals surface area contributed by atoms with E-state index in [1.807, 2.05) is 37.3 Å². The molecule has 1 aliphatic rings. The third-order valence-corrected chi connectivity index (χ3v) is 4.46. The molecule has 1 fully saturated rings. The van der Waals surface area contributed by atoms with Gasteiger partial charge in [-0.15, -0.1) is 0 Å². The van der Waals surface area contributed by atoms with Crippen LogP contribution in [0.2, 0.25) is 0 Å². The maximum Gasteiger partial charge on any atom is 0.315 e. The van der Waals surface area contributed by atoms with Gasteiger partial charge in [-0.05, 0) is 31.4 Å². The van der Waals surface area contributed by atoms with Gasteiger partial charge in [0.05, 0.1) is 12.1 Å². The van der Waals surface area contributed by atoms with Gasteiger partial charge in [0.1, 0.15) is 5.41 Å². The molecule has 2 N–H and O–H groups in total. The number of hydrogen-bond acceptors (Lipinski definition) is 3. The van der Waals surface area contributed by atoms with E-state index in [0.29, 0.717) is 6.42 Å². The van der Waals surface area contributed by atoms with Crippen molar-refractivity contribution < 1.29 is 14.6 Å². The molecule has 3 unspecified atom stereocenters. The van der Waals surface area contributed by atoms with Crippen LogP contribution in [0.15, 0.2) is 30.3 Å². The highest BCUT2D eigenvalue weighted by Crippen LogP contribution is 2.36. The van der Waals surface area contributed by atoms with E-state index in [2.05, 4.69) is 5.32 Å². The highest BCUT2D eigenvalue weighted by atomic mass is 16.5. The molecule has 2 rings (SSSR count). The molecule has 0 bridgehead atoms. The summed E-state index contributed by atoms with van der Waals surface area (Å²) in [6, 6.07) is 9.31. The van der Waals surface area contributed by atoms with Gasteiger partial charge in [0.2, 0.25) is 0 Å². The maximum absolute atomic E-state index is 12.1. The van der Waals surface area contributed by atoms with Gasteiger partial charge in [0.25, 0.3) is 0 Å². The van der Waals surface area contributed by atoms with Gasteiger partial charge in [0.15, 0.2) is 0 Å². The van der Waals surface area contributed by atoms with Crippen LogP contribution in [-0.4, -0.2) is 36.9 Å². The topological polar surface area (TPSA) is 58.6 Å². The fraction of sp³-hybridized carbons (Fsp3) is 0.562. The van der Waals surface area contributed by atoms with Crippen molar-refractivity contribution >= 4 is 5.97 Å². The Labute approximate surface area is 120 Å². The summed E-state index contributed by atoms with van der Waals surface area (Å²) in [6.07, 6.45) is 2.38. The highest BCUT2D eigenvalue weighted by molar-refractivity contribution is 5.82. The Morgan fingerprint density at radius 3 is 2.70 bits per heavy atom. The number of hydrogen-bond donors (Lipinski definition) is 2. The average molecular weight is 277 g/mol. The van der Waals surface area contributed by atoms with Gasteiger partial charge in [0, 0.05) is 7.11 Å². The SMILES string of the molecule is CCC(C(=O)O)(c1ccccc1)C1NCCCC1OC. The minimum atomic E-state index is -0.942. The molecule has 110 valence electrons. The molecule has 4 heteroatoms. The number of benzene rings is 1. The van der Waals surface area contributed by atoms with Crippen LogP contribution in [0.3, 0.4) is 0 Å². The molecule has 1 heterocycles. The second-order valence-electron chi connectivity index (χ2n) is 5.34. The van der Waals surface area contributed by atoms with Crippen molar-refractivity contribution in [2.75, 3.05) is 13.7 Å². The van der Waals surface area contributed by atoms with E-state index in [4.69, 9.17) is 4.74 Å². The van der Waals surface area contributed by atoms with Gasteiger partial charge >= 0.3 is 5.97 Å². The van der Waals surface area contributed by atoms with Gasteiger partial charge in [-0.1, -0.05) is 37.3 Å². The predicted octanol–water partition coefficient (Wildman–Crippen LogP) is 2.19. The van der Waals surface area contributed by atoms with E-state index in [1.54, 1.807) is 7.11 Å². The van der Waals surface area contributed by atoms with E-state index in [9.17, 15) is 9.90 Å². The molecule has 0 saturated carbocycles. The quantitative estimate of drug-likeness (QED) is 0.866. The van der Waals surface area contributed by atoms with Crippen LogP contribution < -0.4 is 5.32 Å². The van der Waals surface area contributed by atoms with E-state index in [-0.39, 0.29) is 12.1 Å². The smallest absolute Gasteiger partial charge is 0.315 e. The first-order chi connectivity index (χ1) is 9.66. The van der Waals surface area contributed by atoms with Crippen molar-refractivity contribution in [2.24, 2.45) is 0 Å². The molecule has 0 aliphatic carbocycles. The highest BCUT2D eigenvalue weighted by Gasteiger charge is 2.50. The molecule has 20 heavy (non-hydrogen) atoms. The van der Waals surface area contributed by atoms with E-state index >= 15 is 0 Å². The number of carboxylic acid groups (broad SMARTS) is 1. The maximum atomic E-state index is 12.1. The van der Waals surface area contributed by atoms with Crippen LogP contribution in [0.5, 0.6) is 0 Å². The molecule has 1 saturated heterocycles. The number of carbonyl (C=O) groups is 1. The van der Waals surface area contributed by atoms with Gasteiger partial charge < -0.3 is 15.2 Å². The molecule has 4 nitrogen and oxygen atoms in total. The lowest BCUT2D eigenvalue weighted by molar-refractivity contribution is -0.148. The molecule has 0 spiro atoms. The van der Waals surface area contributed by atoms with Crippen LogP contribution in [0.4, 0.5) is 0 Å². The molecule has 0 amide bonds. The van der Waals surface area contributed by atoms with Gasteiger partial charge in [-0.25, -0.2) is 0 Å². The molecule has 0 radical (unpaired) electrons. The summed E-state index contributed by atoms with van der Waals surface area (Å²) in [5.74, 6) is -0.785. The molecule has 1 aliphatic heterocycles. The zero-order chi connectivity index (χ0) is 14.6. The Bertz CT molecular complexity index is 448. The zero-order valence-electron chi connectivity index (χ0n) is 12.1. The van der Waals surface area contributed by atoms with Crippen LogP contribution in [0, 0.1) is 0 Å². The van der Waals surface area contributed by atoms with Crippen molar-refractivity contribution in [1.29, 1.82) is 0 Å². The van der Waals surface area contributed by atoms with Crippen LogP contribution >= 0.6 is 0 Å². The summed E-state index contributed by atoms with van der Waals surface area (Å²) < 4.78 is 5.56. The zero-order valence-corrected chi connectivity index (χ0v) is 12.1. The number of aliphatic carboxylic acids is 1. The Hall–Kier alpha value is -1.39. The normalized spacial score (nSPS) is 25.9. The largest absolute Gasteiger partial charge is 0.481 e. The number of nitrogens with one attached hydrogen (secondary N) is 1. The van der Waals surface area contributed by atoms with Crippen molar-refractivity contribution in [1.82, 2.24) is 5.32 Å². The molecule has 3 atom stereocenters. The molecule has 0 aromatic heterocycles. The number of methoxy groups -OCH3 is 1. The van der Waals surface area contributed by atoms with Gasteiger partial charge in [-0.2, -0.15) is 0 Å². The summed E-state index contributed by atoms with van der Waals surface area (Å²) in [4.78, 5) is 12.1. The summed E-state index contributed by atoms with van der Waals surface area (Å²) in [7, 11) is 1.66. The lowest BCUT2D eigenvalue weighted by atomic mass is 9.68. The number of piperidine rings is 1. The second kappa shape index (κ2) is 6.37. The molecule has 1 aromatic carbocycles. The Kier molecular flexibility index (Phi) is 4.78. The molecular weight excluding hydrogens is 254 g/mol. The lowest BCUT2D eigenvalue weighted by Crippen LogP contribution is -2.61. The Balaban J connectivity index is 2.48. The number of rotatable bonds is 5. The standard InChI is InChI=1S/C16H23NO3/c1-3-16(15(18)19,12-8-5-4-6-9-12)14-13(20-2)10-7-11-17-14/h4-6,8-9,13-14,17H,3,7,10-11H2,1-2H3,(H,18,19). The minimum Gasteiger partial charge on any atom is -0.481 e. The van der Waals surface area contributed by atoms with Crippen molar-refractivity contribution in [2.45, 2.75) is 43.7 Å². The molecule has 1 aromatic rings. The fourth-order valence-electron chi connectivity index (χ4n) is 3.35. The van der Waals surface area contributed by atoms with Crippen LogP contribution in [0.1, 0.15) is 31.7 Å². The monoisotopic (exact) mass is 277 g/mol. The van der Waals surface area contributed by atoms with Crippen LogP contribution in [0.25, 0.3) is 0 Å². The predicted molar refractivity (Wildman–Crippen MR) is 77.9 cm³/mol. The summed E-state index contributed by atoms with van der Waals surface area (Å²) in [5.41, 5.74) is -0.0982. The Morgan fingerprint density at radius 1 is 1.45 bits per heavy atom. The van der Waals surface area contributed by atoms with E-state index in [1.165, 1.54) is 0 Å².